The Hall–Kier alpha value is -2.21. The first-order chi connectivity index (χ1) is 10.0. The third-order valence-corrected chi connectivity index (χ3v) is 2.99. The Morgan fingerprint density at radius 1 is 1.48 bits per heavy atom. The van der Waals surface area contributed by atoms with E-state index in [1.165, 1.54) is 24.4 Å². The van der Waals surface area contributed by atoms with Crippen LogP contribution in [0.25, 0.3) is 0 Å². The van der Waals surface area contributed by atoms with Crippen molar-refractivity contribution in [2.75, 3.05) is 19.0 Å². The van der Waals surface area contributed by atoms with E-state index in [1.54, 1.807) is 14.0 Å². The maximum absolute atomic E-state index is 13.0. The first-order valence-electron chi connectivity index (χ1n) is 6.13. The number of hydrogen-bond donors (Lipinski definition) is 1. The van der Waals surface area contributed by atoms with Gasteiger partial charge in [-0.2, -0.15) is 4.98 Å². The molecule has 1 aromatic carbocycles. The molecule has 1 heterocycles. The lowest BCUT2D eigenvalue weighted by Gasteiger charge is -2.10. The van der Waals surface area contributed by atoms with E-state index in [0.29, 0.717) is 22.7 Å². The normalized spacial score (nSPS) is 10.3. The largest absolute Gasteiger partial charge is 0.480 e. The van der Waals surface area contributed by atoms with Crippen molar-refractivity contribution in [2.24, 2.45) is 0 Å². The van der Waals surface area contributed by atoms with Crippen LogP contribution in [-0.4, -0.2) is 29.4 Å². The van der Waals surface area contributed by atoms with Crippen molar-refractivity contribution >= 4 is 23.2 Å². The molecule has 5 nitrogen and oxygen atoms in total. The second-order valence-electron chi connectivity index (χ2n) is 4.27. The van der Waals surface area contributed by atoms with Crippen LogP contribution in [0.15, 0.2) is 24.4 Å². The molecule has 1 N–H and O–H groups in total. The van der Waals surface area contributed by atoms with Gasteiger partial charge >= 0.3 is 0 Å². The van der Waals surface area contributed by atoms with Crippen LogP contribution in [0.4, 0.5) is 10.2 Å². The average Bonchev–Trinajstić information content (AvgIpc) is 2.45. The summed E-state index contributed by atoms with van der Waals surface area (Å²) in [6, 6.07) is 3.98. The Labute approximate surface area is 126 Å². The summed E-state index contributed by atoms with van der Waals surface area (Å²) in [7, 11) is 1.65. The fourth-order valence-electron chi connectivity index (χ4n) is 1.79. The molecule has 0 amide bonds. The number of carbonyl (C=O) groups excluding carboxylic acids is 1. The monoisotopic (exact) mass is 309 g/mol. The Morgan fingerprint density at radius 3 is 2.90 bits per heavy atom. The molecule has 0 saturated heterocycles. The van der Waals surface area contributed by atoms with Gasteiger partial charge in [0.1, 0.15) is 5.82 Å². The molecule has 0 spiro atoms. The summed E-state index contributed by atoms with van der Waals surface area (Å²) in [6.45, 7) is 1.47. The van der Waals surface area contributed by atoms with Gasteiger partial charge in [-0.3, -0.25) is 4.79 Å². The van der Waals surface area contributed by atoms with Gasteiger partial charge in [-0.25, -0.2) is 9.37 Å². The molecule has 0 aliphatic carbocycles. The van der Waals surface area contributed by atoms with E-state index < -0.39 is 0 Å². The summed E-state index contributed by atoms with van der Waals surface area (Å²) in [5, 5.41) is 2.87. The van der Waals surface area contributed by atoms with Crippen LogP contribution in [0, 0.1) is 12.7 Å². The highest BCUT2D eigenvalue weighted by Gasteiger charge is 2.13. The van der Waals surface area contributed by atoms with Gasteiger partial charge in [-0.1, -0.05) is 0 Å². The zero-order valence-corrected chi connectivity index (χ0v) is 12.2. The van der Waals surface area contributed by atoms with Crippen LogP contribution in [0.3, 0.4) is 0 Å². The zero-order valence-electron chi connectivity index (χ0n) is 11.5. The number of benzene rings is 1. The quantitative estimate of drug-likeness (QED) is 0.679. The van der Waals surface area contributed by atoms with E-state index in [1.807, 2.05) is 0 Å². The number of anilines is 1. The highest BCUT2D eigenvalue weighted by atomic mass is 35.5. The highest BCUT2D eigenvalue weighted by molar-refractivity contribution is 6.28. The first-order valence-corrected chi connectivity index (χ1v) is 6.51. The number of ketones is 1. The number of Topliss-reactive ketones (excluding diaryl/α,β-unsaturated/α-hetero) is 1. The summed E-state index contributed by atoms with van der Waals surface area (Å²) in [6.07, 6.45) is 1.38. The molecule has 0 saturated carbocycles. The fraction of sp³-hybridized carbons (Fsp3) is 0.214. The summed E-state index contributed by atoms with van der Waals surface area (Å²) in [5.41, 5.74) is 0.974. The number of aryl methyl sites for hydroxylation is 1. The number of nitrogens with one attached hydrogen (secondary N) is 1. The fourth-order valence-corrected chi connectivity index (χ4v) is 1.93. The molecule has 0 radical (unpaired) electrons. The third kappa shape index (κ3) is 3.66. The molecule has 0 fully saturated rings. The maximum Gasteiger partial charge on any atom is 0.224 e. The number of nitrogens with zero attached hydrogens (tertiary/aromatic N) is 2. The Morgan fingerprint density at radius 2 is 2.24 bits per heavy atom. The second kappa shape index (κ2) is 6.49. The molecule has 0 unspecified atom stereocenters. The van der Waals surface area contributed by atoms with Gasteiger partial charge in [0.15, 0.2) is 24.0 Å². The molecule has 2 rings (SSSR count). The number of ether oxygens (including phenoxy) is 1. The number of hydrogen-bond acceptors (Lipinski definition) is 5. The van der Waals surface area contributed by atoms with Crippen molar-refractivity contribution in [1.29, 1.82) is 0 Å². The summed E-state index contributed by atoms with van der Waals surface area (Å²) >= 11 is 5.67. The number of rotatable bonds is 5. The highest BCUT2D eigenvalue weighted by Crippen LogP contribution is 2.22. The Bertz CT molecular complexity index is 679. The maximum atomic E-state index is 13.0. The van der Waals surface area contributed by atoms with E-state index >= 15 is 0 Å². The lowest BCUT2D eigenvalue weighted by Crippen LogP contribution is -2.14. The van der Waals surface area contributed by atoms with Crippen LogP contribution in [-0.2, 0) is 0 Å². The Balaban J connectivity index is 2.11. The van der Waals surface area contributed by atoms with E-state index in [4.69, 9.17) is 16.3 Å². The molecule has 7 heteroatoms. The minimum Gasteiger partial charge on any atom is -0.480 e. The minimum absolute atomic E-state index is 0.0763. The topological polar surface area (TPSA) is 64.1 Å². The third-order valence-electron chi connectivity index (χ3n) is 2.81. The number of halogens is 2. The van der Waals surface area contributed by atoms with Gasteiger partial charge < -0.3 is 10.1 Å². The predicted octanol–water partition coefficient (Wildman–Crippen LogP) is 2.88. The molecule has 110 valence electrons. The number of carbonyl (C=O) groups is 1. The standard InChI is InChI=1S/C14H13ClFN3O2/c1-8-5-9(16)3-4-10(8)11(20)7-21-12-6-18-14(15)19-13(12)17-2/h3-6H,7H2,1-2H3,(H,17,18,19). The lowest BCUT2D eigenvalue weighted by atomic mass is 10.1. The lowest BCUT2D eigenvalue weighted by molar-refractivity contribution is 0.0921. The van der Waals surface area contributed by atoms with Crippen LogP contribution < -0.4 is 10.1 Å². The molecule has 0 aliphatic heterocycles. The van der Waals surface area contributed by atoms with Crippen molar-refractivity contribution < 1.29 is 13.9 Å². The van der Waals surface area contributed by atoms with Gasteiger partial charge in [0.2, 0.25) is 5.28 Å². The first kappa shape index (κ1) is 15.2. The summed E-state index contributed by atoms with van der Waals surface area (Å²) in [5.74, 6) is 0.0617. The van der Waals surface area contributed by atoms with E-state index in [2.05, 4.69) is 15.3 Å². The molecule has 0 aliphatic rings. The smallest absolute Gasteiger partial charge is 0.224 e. The molecular weight excluding hydrogens is 297 g/mol. The van der Waals surface area contributed by atoms with E-state index in [0.717, 1.165) is 0 Å². The van der Waals surface area contributed by atoms with Crippen molar-refractivity contribution in [2.45, 2.75) is 6.92 Å². The van der Waals surface area contributed by atoms with E-state index in [-0.39, 0.29) is 23.5 Å². The van der Waals surface area contributed by atoms with Crippen molar-refractivity contribution in [3.8, 4) is 5.75 Å². The van der Waals surface area contributed by atoms with Crippen molar-refractivity contribution in [3.05, 3.63) is 46.6 Å². The van der Waals surface area contributed by atoms with Gasteiger partial charge in [0, 0.05) is 12.6 Å². The van der Waals surface area contributed by atoms with Gasteiger partial charge in [-0.15, -0.1) is 0 Å². The molecule has 2 aromatic rings. The molecule has 21 heavy (non-hydrogen) atoms. The predicted molar refractivity (Wildman–Crippen MR) is 77.6 cm³/mol. The van der Waals surface area contributed by atoms with E-state index in [9.17, 15) is 9.18 Å². The molecule has 0 atom stereocenters. The van der Waals surface area contributed by atoms with Crippen molar-refractivity contribution in [3.63, 3.8) is 0 Å². The second-order valence-corrected chi connectivity index (χ2v) is 4.61. The Kier molecular flexibility index (Phi) is 4.70. The minimum atomic E-state index is -0.381. The van der Waals surface area contributed by atoms with Gasteiger partial charge in [-0.05, 0) is 42.3 Å². The van der Waals surface area contributed by atoms with Gasteiger partial charge in [0.25, 0.3) is 0 Å². The molecule has 0 bridgehead atoms. The average molecular weight is 310 g/mol. The SMILES string of the molecule is CNc1nc(Cl)ncc1OCC(=O)c1ccc(F)cc1C. The summed E-state index contributed by atoms with van der Waals surface area (Å²) in [4.78, 5) is 19.8. The molecular formula is C14H13ClFN3O2. The van der Waals surface area contributed by atoms with Crippen LogP contribution in [0.1, 0.15) is 15.9 Å². The van der Waals surface area contributed by atoms with Crippen LogP contribution in [0.5, 0.6) is 5.75 Å². The van der Waals surface area contributed by atoms with Crippen molar-refractivity contribution in [1.82, 2.24) is 9.97 Å². The summed E-state index contributed by atoms with van der Waals surface area (Å²) < 4.78 is 18.4. The van der Waals surface area contributed by atoms with Crippen LogP contribution in [0.2, 0.25) is 5.28 Å². The van der Waals surface area contributed by atoms with Crippen LogP contribution >= 0.6 is 11.6 Å². The van der Waals surface area contributed by atoms with Gasteiger partial charge in [0.05, 0.1) is 6.20 Å². The number of aromatic nitrogens is 2. The molecule has 1 aromatic heterocycles. The zero-order chi connectivity index (χ0) is 15.4.